The van der Waals surface area contributed by atoms with E-state index in [0.717, 1.165) is 16.8 Å². The molecule has 0 radical (unpaired) electrons. The van der Waals surface area contributed by atoms with Crippen LogP contribution in [0.5, 0.6) is 11.6 Å². The molecule has 3 rings (SSSR count). The molecule has 1 N–H and O–H groups in total. The molecule has 0 fully saturated rings. The van der Waals surface area contributed by atoms with Gasteiger partial charge in [-0.25, -0.2) is 4.98 Å². The van der Waals surface area contributed by atoms with E-state index in [1.807, 2.05) is 44.2 Å². The summed E-state index contributed by atoms with van der Waals surface area (Å²) in [6, 6.07) is 18.4. The van der Waals surface area contributed by atoms with Gasteiger partial charge in [0.1, 0.15) is 5.75 Å². The summed E-state index contributed by atoms with van der Waals surface area (Å²) < 4.78 is 5.67. The molecule has 0 unspecified atom stereocenters. The van der Waals surface area contributed by atoms with Gasteiger partial charge in [0.05, 0.1) is 0 Å². The lowest BCUT2D eigenvalue weighted by Crippen LogP contribution is -2.12. The molecule has 0 spiro atoms. The molecule has 0 aliphatic heterocycles. The smallest absolute Gasteiger partial charge is 0.255 e. The zero-order chi connectivity index (χ0) is 16.9. The molecule has 1 heterocycles. The molecule has 0 aliphatic carbocycles. The van der Waals surface area contributed by atoms with Gasteiger partial charge in [0, 0.05) is 23.5 Å². The molecule has 2 aromatic carbocycles. The number of aryl methyl sites for hydroxylation is 2. The molecule has 0 aliphatic rings. The Hall–Kier alpha value is -3.14. The average Bonchev–Trinajstić information content (AvgIpc) is 2.58. The molecule has 4 nitrogen and oxygen atoms in total. The van der Waals surface area contributed by atoms with E-state index in [0.29, 0.717) is 17.2 Å². The fourth-order valence-electron chi connectivity index (χ4n) is 2.38. The first-order chi connectivity index (χ1) is 11.6. The number of benzene rings is 2. The molecule has 120 valence electrons. The number of aromatic nitrogens is 1. The van der Waals surface area contributed by atoms with Gasteiger partial charge >= 0.3 is 0 Å². The van der Waals surface area contributed by atoms with Crippen LogP contribution in [-0.2, 0) is 0 Å². The maximum absolute atomic E-state index is 12.5. The third kappa shape index (κ3) is 3.79. The minimum atomic E-state index is -0.173. The van der Waals surface area contributed by atoms with Gasteiger partial charge in [0.2, 0.25) is 5.88 Å². The molecule has 4 heteroatoms. The second-order valence-corrected chi connectivity index (χ2v) is 5.57. The highest BCUT2D eigenvalue weighted by molar-refractivity contribution is 6.04. The Balaban J connectivity index is 1.77. The van der Waals surface area contributed by atoms with Gasteiger partial charge in [0.15, 0.2) is 0 Å². The number of anilines is 1. The van der Waals surface area contributed by atoms with Crippen molar-refractivity contribution < 1.29 is 9.53 Å². The van der Waals surface area contributed by atoms with Crippen LogP contribution in [0.4, 0.5) is 5.69 Å². The van der Waals surface area contributed by atoms with Crippen molar-refractivity contribution in [2.24, 2.45) is 0 Å². The van der Waals surface area contributed by atoms with E-state index in [9.17, 15) is 4.79 Å². The number of hydrogen-bond acceptors (Lipinski definition) is 3. The van der Waals surface area contributed by atoms with Crippen LogP contribution in [-0.4, -0.2) is 10.9 Å². The Bertz CT molecular complexity index is 861. The Morgan fingerprint density at radius 2 is 1.88 bits per heavy atom. The number of ether oxygens (including phenoxy) is 1. The second-order valence-electron chi connectivity index (χ2n) is 5.57. The van der Waals surface area contributed by atoms with Crippen molar-refractivity contribution in [2.45, 2.75) is 13.8 Å². The van der Waals surface area contributed by atoms with Gasteiger partial charge in [-0.15, -0.1) is 0 Å². The standard InChI is InChI=1S/C20H18N2O2/c1-14-9-10-18(15(2)12-14)22-20(23)16-6-5-7-17(13-16)24-19-8-3-4-11-21-19/h3-13H,1-2H3,(H,22,23). The highest BCUT2D eigenvalue weighted by atomic mass is 16.5. The first-order valence-corrected chi connectivity index (χ1v) is 7.69. The van der Waals surface area contributed by atoms with Crippen LogP contribution in [0.25, 0.3) is 0 Å². The van der Waals surface area contributed by atoms with Crippen LogP contribution < -0.4 is 10.1 Å². The van der Waals surface area contributed by atoms with E-state index in [1.165, 1.54) is 0 Å². The molecule has 3 aromatic rings. The summed E-state index contributed by atoms with van der Waals surface area (Å²) in [4.78, 5) is 16.6. The monoisotopic (exact) mass is 318 g/mol. The van der Waals surface area contributed by atoms with Gasteiger partial charge < -0.3 is 10.1 Å². The molecule has 0 bridgehead atoms. The molecule has 1 amide bonds. The molecular weight excluding hydrogens is 300 g/mol. The number of hydrogen-bond donors (Lipinski definition) is 1. The Kier molecular flexibility index (Phi) is 4.57. The summed E-state index contributed by atoms with van der Waals surface area (Å²) in [6.07, 6.45) is 1.66. The van der Waals surface area contributed by atoms with Crippen molar-refractivity contribution in [1.29, 1.82) is 0 Å². The number of carbonyl (C=O) groups is 1. The van der Waals surface area contributed by atoms with E-state index in [2.05, 4.69) is 10.3 Å². The summed E-state index contributed by atoms with van der Waals surface area (Å²) >= 11 is 0. The van der Waals surface area contributed by atoms with E-state index in [4.69, 9.17) is 4.74 Å². The average molecular weight is 318 g/mol. The normalized spacial score (nSPS) is 10.2. The van der Waals surface area contributed by atoms with E-state index in [1.54, 1.807) is 36.5 Å². The summed E-state index contributed by atoms with van der Waals surface area (Å²) in [7, 11) is 0. The SMILES string of the molecule is Cc1ccc(NC(=O)c2cccc(Oc3ccccn3)c2)c(C)c1. The summed E-state index contributed by atoms with van der Waals surface area (Å²) in [5.74, 6) is 0.889. The first-order valence-electron chi connectivity index (χ1n) is 7.69. The van der Waals surface area contributed by atoms with E-state index >= 15 is 0 Å². The zero-order valence-corrected chi connectivity index (χ0v) is 13.6. The van der Waals surface area contributed by atoms with Crippen molar-refractivity contribution in [3.63, 3.8) is 0 Å². The molecule has 1 aromatic heterocycles. The van der Waals surface area contributed by atoms with Gasteiger partial charge in [-0.05, 0) is 49.7 Å². The number of nitrogens with zero attached hydrogens (tertiary/aromatic N) is 1. The van der Waals surface area contributed by atoms with Crippen molar-refractivity contribution in [1.82, 2.24) is 4.98 Å². The molecular formula is C20H18N2O2. The second kappa shape index (κ2) is 6.96. The summed E-state index contributed by atoms with van der Waals surface area (Å²) in [6.45, 7) is 4.00. The Labute approximate surface area is 141 Å². The fraction of sp³-hybridized carbons (Fsp3) is 0.100. The van der Waals surface area contributed by atoms with Crippen LogP contribution >= 0.6 is 0 Å². The Morgan fingerprint density at radius 1 is 1.00 bits per heavy atom. The van der Waals surface area contributed by atoms with Crippen LogP contribution in [0, 0.1) is 13.8 Å². The zero-order valence-electron chi connectivity index (χ0n) is 13.6. The van der Waals surface area contributed by atoms with Crippen molar-refractivity contribution in [2.75, 3.05) is 5.32 Å². The topological polar surface area (TPSA) is 51.2 Å². The minimum absolute atomic E-state index is 0.173. The maximum Gasteiger partial charge on any atom is 0.255 e. The fourth-order valence-corrected chi connectivity index (χ4v) is 2.38. The van der Waals surface area contributed by atoms with E-state index in [-0.39, 0.29) is 5.91 Å². The third-order valence-corrected chi connectivity index (χ3v) is 3.59. The highest BCUT2D eigenvalue weighted by Gasteiger charge is 2.09. The van der Waals surface area contributed by atoms with Crippen LogP contribution in [0.3, 0.4) is 0 Å². The lowest BCUT2D eigenvalue weighted by Gasteiger charge is -2.10. The predicted octanol–water partition coefficient (Wildman–Crippen LogP) is 4.74. The van der Waals surface area contributed by atoms with Crippen molar-refractivity contribution in [3.8, 4) is 11.6 Å². The largest absolute Gasteiger partial charge is 0.439 e. The van der Waals surface area contributed by atoms with Crippen LogP contribution in [0.2, 0.25) is 0 Å². The molecule has 0 saturated heterocycles. The third-order valence-electron chi connectivity index (χ3n) is 3.59. The maximum atomic E-state index is 12.5. The number of nitrogens with one attached hydrogen (secondary N) is 1. The molecule has 24 heavy (non-hydrogen) atoms. The molecule has 0 atom stereocenters. The van der Waals surface area contributed by atoms with Gasteiger partial charge in [0.25, 0.3) is 5.91 Å². The van der Waals surface area contributed by atoms with Crippen LogP contribution in [0.1, 0.15) is 21.5 Å². The van der Waals surface area contributed by atoms with Gasteiger partial charge in [-0.2, -0.15) is 0 Å². The van der Waals surface area contributed by atoms with Gasteiger partial charge in [-0.1, -0.05) is 29.8 Å². The lowest BCUT2D eigenvalue weighted by atomic mass is 10.1. The predicted molar refractivity (Wildman–Crippen MR) is 94.6 cm³/mol. The summed E-state index contributed by atoms with van der Waals surface area (Å²) in [5.41, 5.74) is 3.53. The highest BCUT2D eigenvalue weighted by Crippen LogP contribution is 2.22. The van der Waals surface area contributed by atoms with E-state index < -0.39 is 0 Å². The summed E-state index contributed by atoms with van der Waals surface area (Å²) in [5, 5.41) is 2.93. The quantitative estimate of drug-likeness (QED) is 0.755. The Morgan fingerprint density at radius 3 is 2.62 bits per heavy atom. The minimum Gasteiger partial charge on any atom is -0.439 e. The number of amides is 1. The number of carbonyl (C=O) groups excluding carboxylic acids is 1. The van der Waals surface area contributed by atoms with Crippen LogP contribution in [0.15, 0.2) is 66.9 Å². The number of rotatable bonds is 4. The van der Waals surface area contributed by atoms with Crippen molar-refractivity contribution >= 4 is 11.6 Å². The van der Waals surface area contributed by atoms with Crippen molar-refractivity contribution in [3.05, 3.63) is 83.6 Å². The molecule has 0 saturated carbocycles. The lowest BCUT2D eigenvalue weighted by molar-refractivity contribution is 0.102. The van der Waals surface area contributed by atoms with Gasteiger partial charge in [-0.3, -0.25) is 4.79 Å². The number of pyridine rings is 1. The first kappa shape index (κ1) is 15.7.